The number of hydrogen-bond acceptors (Lipinski definition) is 3. The van der Waals surface area contributed by atoms with E-state index in [1.54, 1.807) is 12.1 Å². The Labute approximate surface area is 110 Å². The fourth-order valence-corrected chi connectivity index (χ4v) is 1.90. The Morgan fingerprint density at radius 1 is 1.50 bits per heavy atom. The normalized spacial score (nSPS) is 21.6. The summed E-state index contributed by atoms with van der Waals surface area (Å²) < 4.78 is 10.5. The summed E-state index contributed by atoms with van der Waals surface area (Å²) in [6.07, 6.45) is 2.11. The summed E-state index contributed by atoms with van der Waals surface area (Å²) in [6, 6.07) is 7.21. The van der Waals surface area contributed by atoms with E-state index in [0.29, 0.717) is 24.7 Å². The number of benzene rings is 1. The minimum atomic E-state index is -0.907. The highest BCUT2D eigenvalue weighted by Gasteiger charge is 2.51. The van der Waals surface area contributed by atoms with E-state index in [1.165, 1.54) is 0 Å². The lowest BCUT2D eigenvalue weighted by Crippen LogP contribution is -2.23. The first kappa shape index (κ1) is 13.2. The molecule has 5 heteroatoms. The van der Waals surface area contributed by atoms with Gasteiger partial charge in [-0.2, -0.15) is 0 Å². The van der Waals surface area contributed by atoms with Crippen molar-refractivity contribution in [3.05, 3.63) is 29.3 Å². The lowest BCUT2D eigenvalue weighted by Gasteiger charge is -2.08. The van der Waals surface area contributed by atoms with Gasteiger partial charge in [0, 0.05) is 5.02 Å². The molecule has 1 fully saturated rings. The van der Waals surface area contributed by atoms with E-state index < -0.39 is 11.6 Å². The highest BCUT2D eigenvalue weighted by molar-refractivity contribution is 6.30. The van der Waals surface area contributed by atoms with Gasteiger partial charge in [-0.15, -0.1) is 0 Å². The maximum atomic E-state index is 10.8. The third-order valence-corrected chi connectivity index (χ3v) is 3.16. The number of carboxylic acids is 1. The Bertz CT molecular complexity index is 429. The number of hydrogen-bond donors (Lipinski definition) is 1. The molecule has 1 atom stereocenters. The number of halogens is 1. The van der Waals surface area contributed by atoms with Crippen molar-refractivity contribution in [3.8, 4) is 5.75 Å². The van der Waals surface area contributed by atoms with E-state index in [1.807, 2.05) is 12.1 Å². The zero-order valence-electron chi connectivity index (χ0n) is 9.89. The molecule has 0 aromatic heterocycles. The van der Waals surface area contributed by atoms with Crippen LogP contribution in [0.3, 0.4) is 0 Å². The van der Waals surface area contributed by atoms with Crippen LogP contribution in [0.5, 0.6) is 5.75 Å². The van der Waals surface area contributed by atoms with Crippen LogP contribution in [0, 0.1) is 0 Å². The smallest absolute Gasteiger partial charge is 0.338 e. The molecule has 1 unspecified atom stereocenters. The molecule has 1 heterocycles. The standard InChI is InChI=1S/C13H15ClO4/c14-10-4-3-5-11(8-10)17-7-2-1-6-13(9-18-13)12(15)16/h3-5,8H,1-2,6-7,9H2,(H,15,16). The van der Waals surface area contributed by atoms with Crippen molar-refractivity contribution in [2.75, 3.05) is 13.2 Å². The van der Waals surface area contributed by atoms with Crippen LogP contribution in [-0.4, -0.2) is 29.9 Å². The summed E-state index contributed by atoms with van der Waals surface area (Å²) in [5, 5.41) is 9.54. The first-order chi connectivity index (χ1) is 8.62. The summed E-state index contributed by atoms with van der Waals surface area (Å²) >= 11 is 5.83. The van der Waals surface area contributed by atoms with Crippen molar-refractivity contribution in [3.63, 3.8) is 0 Å². The zero-order chi connectivity index (χ0) is 13.0. The molecule has 2 rings (SSSR count). The monoisotopic (exact) mass is 270 g/mol. The minimum Gasteiger partial charge on any atom is -0.494 e. The molecule has 18 heavy (non-hydrogen) atoms. The van der Waals surface area contributed by atoms with E-state index in [0.717, 1.165) is 18.6 Å². The largest absolute Gasteiger partial charge is 0.494 e. The van der Waals surface area contributed by atoms with Gasteiger partial charge in [0.2, 0.25) is 0 Å². The zero-order valence-corrected chi connectivity index (χ0v) is 10.7. The highest BCUT2D eigenvalue weighted by Crippen LogP contribution is 2.32. The van der Waals surface area contributed by atoms with E-state index in [9.17, 15) is 4.79 Å². The number of rotatable bonds is 7. The lowest BCUT2D eigenvalue weighted by atomic mass is 10.0. The fraction of sp³-hybridized carbons (Fsp3) is 0.462. The van der Waals surface area contributed by atoms with Crippen LogP contribution in [-0.2, 0) is 9.53 Å². The topological polar surface area (TPSA) is 59.1 Å². The molecule has 0 spiro atoms. The molecular formula is C13H15ClO4. The first-order valence-corrected chi connectivity index (χ1v) is 6.26. The summed E-state index contributed by atoms with van der Waals surface area (Å²) in [7, 11) is 0. The SMILES string of the molecule is O=C(O)C1(CCCCOc2cccc(Cl)c2)CO1. The van der Waals surface area contributed by atoms with E-state index in [4.69, 9.17) is 26.2 Å². The molecule has 1 aromatic rings. The maximum absolute atomic E-state index is 10.8. The predicted octanol–water partition coefficient (Wildman–Crippen LogP) is 2.74. The number of carboxylic acid groups (broad SMARTS) is 1. The molecule has 98 valence electrons. The Hall–Kier alpha value is -1.26. The van der Waals surface area contributed by atoms with E-state index in [-0.39, 0.29) is 0 Å². The highest BCUT2D eigenvalue weighted by atomic mass is 35.5. The number of ether oxygens (including phenoxy) is 2. The van der Waals surface area contributed by atoms with Crippen molar-refractivity contribution < 1.29 is 19.4 Å². The van der Waals surface area contributed by atoms with E-state index in [2.05, 4.69) is 0 Å². The Morgan fingerprint density at radius 3 is 2.89 bits per heavy atom. The van der Waals surface area contributed by atoms with Crippen LogP contribution in [0.2, 0.25) is 5.02 Å². The van der Waals surface area contributed by atoms with Crippen LogP contribution < -0.4 is 4.74 Å². The van der Waals surface area contributed by atoms with E-state index >= 15 is 0 Å². The van der Waals surface area contributed by atoms with Gasteiger partial charge in [-0.25, -0.2) is 4.79 Å². The summed E-state index contributed by atoms with van der Waals surface area (Å²) in [5.41, 5.74) is -0.907. The lowest BCUT2D eigenvalue weighted by molar-refractivity contribution is -0.143. The summed E-state index contributed by atoms with van der Waals surface area (Å²) in [4.78, 5) is 10.8. The second kappa shape index (κ2) is 5.59. The quantitative estimate of drug-likeness (QED) is 0.611. The first-order valence-electron chi connectivity index (χ1n) is 5.88. The molecule has 4 nitrogen and oxygen atoms in total. The molecule has 0 radical (unpaired) electrons. The number of epoxide rings is 1. The van der Waals surface area contributed by atoms with Crippen LogP contribution in [0.1, 0.15) is 19.3 Å². The van der Waals surface area contributed by atoms with Crippen LogP contribution in [0.25, 0.3) is 0 Å². The predicted molar refractivity (Wildman–Crippen MR) is 67.1 cm³/mol. The maximum Gasteiger partial charge on any atom is 0.338 e. The average Bonchev–Trinajstić information content (AvgIpc) is 3.10. The minimum absolute atomic E-state index is 0.331. The molecule has 0 saturated carbocycles. The molecule has 0 bridgehead atoms. The van der Waals surface area contributed by atoms with Gasteiger partial charge in [-0.1, -0.05) is 17.7 Å². The fourth-order valence-electron chi connectivity index (χ4n) is 1.72. The Balaban J connectivity index is 1.63. The molecule has 1 N–H and O–H groups in total. The summed E-state index contributed by atoms with van der Waals surface area (Å²) in [5.74, 6) is -0.128. The van der Waals surface area contributed by atoms with Crippen molar-refractivity contribution in [1.82, 2.24) is 0 Å². The van der Waals surface area contributed by atoms with Gasteiger partial charge in [0.05, 0.1) is 13.2 Å². The van der Waals surface area contributed by atoms with Crippen LogP contribution in [0.15, 0.2) is 24.3 Å². The van der Waals surface area contributed by atoms with Crippen molar-refractivity contribution in [2.45, 2.75) is 24.9 Å². The average molecular weight is 271 g/mol. The van der Waals surface area contributed by atoms with Crippen LogP contribution >= 0.6 is 11.6 Å². The molecule has 0 amide bonds. The van der Waals surface area contributed by atoms with Gasteiger partial charge in [0.25, 0.3) is 0 Å². The van der Waals surface area contributed by atoms with Crippen LogP contribution in [0.4, 0.5) is 0 Å². The molecular weight excluding hydrogens is 256 g/mol. The number of unbranched alkanes of at least 4 members (excludes halogenated alkanes) is 1. The number of aliphatic carboxylic acids is 1. The third kappa shape index (κ3) is 3.37. The van der Waals surface area contributed by atoms with Gasteiger partial charge in [-0.05, 0) is 37.5 Å². The molecule has 1 saturated heterocycles. The second-order valence-electron chi connectivity index (χ2n) is 4.35. The second-order valence-corrected chi connectivity index (χ2v) is 4.79. The van der Waals surface area contributed by atoms with Gasteiger partial charge in [-0.3, -0.25) is 0 Å². The van der Waals surface area contributed by atoms with Gasteiger partial charge in [0.1, 0.15) is 5.75 Å². The van der Waals surface area contributed by atoms with Crippen molar-refractivity contribution in [2.24, 2.45) is 0 Å². The molecule has 1 aliphatic heterocycles. The molecule has 1 aromatic carbocycles. The van der Waals surface area contributed by atoms with Crippen molar-refractivity contribution in [1.29, 1.82) is 0 Å². The van der Waals surface area contributed by atoms with Gasteiger partial charge < -0.3 is 14.6 Å². The van der Waals surface area contributed by atoms with Crippen molar-refractivity contribution >= 4 is 17.6 Å². The third-order valence-electron chi connectivity index (χ3n) is 2.92. The van der Waals surface area contributed by atoms with Gasteiger partial charge in [0.15, 0.2) is 5.60 Å². The van der Waals surface area contributed by atoms with Gasteiger partial charge >= 0.3 is 5.97 Å². The molecule has 1 aliphatic rings. The Morgan fingerprint density at radius 2 is 2.28 bits per heavy atom. The number of carbonyl (C=O) groups is 1. The Kier molecular flexibility index (Phi) is 4.09. The summed E-state index contributed by atoms with van der Waals surface area (Å²) in [6.45, 7) is 0.882. The molecule has 0 aliphatic carbocycles.